The van der Waals surface area contributed by atoms with E-state index < -0.39 is 0 Å². The molecule has 0 amide bonds. The maximum atomic E-state index is 5.47. The van der Waals surface area contributed by atoms with Gasteiger partial charge in [-0.15, -0.1) is 0 Å². The molecule has 59 heavy (non-hydrogen) atoms. The molecule has 0 fully saturated rings. The maximum Gasteiger partial charge on any atom is 0.160 e. The van der Waals surface area contributed by atoms with Crippen molar-refractivity contribution in [2.75, 3.05) is 0 Å². The van der Waals surface area contributed by atoms with E-state index in [1.165, 1.54) is 21.9 Å². The summed E-state index contributed by atoms with van der Waals surface area (Å²) in [6.07, 6.45) is 6.16. The molecule has 3 heterocycles. The van der Waals surface area contributed by atoms with E-state index in [0.717, 1.165) is 78.1 Å². The molecule has 0 aliphatic carbocycles. The van der Waals surface area contributed by atoms with Crippen molar-refractivity contribution < 1.29 is 0 Å². The largest absolute Gasteiger partial charge is 0.307 e. The van der Waals surface area contributed by atoms with E-state index in [1.807, 2.05) is 26.0 Å². The van der Waals surface area contributed by atoms with Gasteiger partial charge in [0, 0.05) is 44.1 Å². The highest BCUT2D eigenvalue weighted by Crippen LogP contribution is 2.43. The zero-order chi connectivity index (χ0) is 39.7. The molecule has 0 unspecified atom stereocenters. The lowest BCUT2D eigenvalue weighted by Crippen LogP contribution is -1.99. The molecule has 10 rings (SSSR count). The van der Waals surface area contributed by atoms with Crippen LogP contribution in [-0.2, 0) is 0 Å². The topological polar surface area (TPSA) is 43.6 Å². The molecule has 0 bridgehead atoms. The van der Waals surface area contributed by atoms with Gasteiger partial charge in [-0.2, -0.15) is 0 Å². The molecule has 280 valence electrons. The lowest BCUT2D eigenvalue weighted by atomic mass is 9.94. The van der Waals surface area contributed by atoms with Gasteiger partial charge in [-0.3, -0.25) is 0 Å². The Kier molecular flexibility index (Phi) is 9.28. The second kappa shape index (κ2) is 15.3. The number of nitrogens with zero attached hydrogens (tertiary/aromatic N) is 4. The van der Waals surface area contributed by atoms with Crippen molar-refractivity contribution in [3.8, 4) is 61.7 Å². The Hall–Kier alpha value is -7.69. The van der Waals surface area contributed by atoms with E-state index in [9.17, 15) is 0 Å². The number of hydrogen-bond acceptors (Lipinski definition) is 3. The molecule has 0 saturated carbocycles. The van der Waals surface area contributed by atoms with Crippen molar-refractivity contribution in [1.82, 2.24) is 19.5 Å². The molecule has 0 spiro atoms. The summed E-state index contributed by atoms with van der Waals surface area (Å²) in [6, 6.07) is 66.4. The molecule has 0 aliphatic heterocycles. The van der Waals surface area contributed by atoms with Gasteiger partial charge < -0.3 is 4.57 Å². The lowest BCUT2D eigenvalue weighted by Gasteiger charge is -2.15. The predicted molar refractivity (Wildman–Crippen MR) is 247 cm³/mol. The second-order valence-electron chi connectivity index (χ2n) is 14.7. The average molecular weight is 757 g/mol. The molecule has 0 N–H and O–H groups in total. The first kappa shape index (κ1) is 35.7. The third-order valence-electron chi connectivity index (χ3n) is 11.1. The van der Waals surface area contributed by atoms with Gasteiger partial charge in [-0.05, 0) is 66.4 Å². The van der Waals surface area contributed by atoms with Gasteiger partial charge in [0.25, 0.3) is 0 Å². The van der Waals surface area contributed by atoms with Gasteiger partial charge in [-0.1, -0.05) is 176 Å². The van der Waals surface area contributed by atoms with Gasteiger partial charge in [-0.25, -0.2) is 15.0 Å². The summed E-state index contributed by atoms with van der Waals surface area (Å²) < 4.78 is 2.38. The van der Waals surface area contributed by atoms with Crippen LogP contribution < -0.4 is 0 Å². The Morgan fingerprint density at radius 2 is 1.02 bits per heavy atom. The summed E-state index contributed by atoms with van der Waals surface area (Å²) in [5.74, 6) is 0.694. The number of aromatic nitrogens is 4. The monoisotopic (exact) mass is 756 g/mol. The van der Waals surface area contributed by atoms with Crippen LogP contribution in [0.2, 0.25) is 0 Å². The van der Waals surface area contributed by atoms with Crippen LogP contribution in [0.4, 0.5) is 0 Å². The number of benzene rings is 7. The van der Waals surface area contributed by atoms with Gasteiger partial charge >= 0.3 is 0 Å². The predicted octanol–water partition coefficient (Wildman–Crippen LogP) is 14.4. The standard InChI is InChI=1S/C55H40N4/c1-3-17-37(4-2)55-57-49(41-32-28-39(29-33-41)38-18-7-5-8-19-38)36-50(58-55)42-34-30-40(31-35-42)44-22-11-12-23-45(44)53-54-52(46-24-13-15-26-48(46)56-53)47-25-14-16-27-51(47)59(54)43-20-9-6-10-21-43/h3-36H,1-2H3/b17-3-,37-4+. The minimum Gasteiger partial charge on any atom is -0.307 e. The smallest absolute Gasteiger partial charge is 0.160 e. The Labute approximate surface area is 344 Å². The number of rotatable bonds is 8. The van der Waals surface area contributed by atoms with E-state index in [-0.39, 0.29) is 0 Å². The van der Waals surface area contributed by atoms with E-state index in [4.69, 9.17) is 15.0 Å². The fraction of sp³-hybridized carbons (Fsp3) is 0.0364. The normalized spacial score (nSPS) is 11.9. The van der Waals surface area contributed by atoms with E-state index in [0.29, 0.717) is 5.82 Å². The molecule has 0 radical (unpaired) electrons. The van der Waals surface area contributed by atoms with Crippen LogP contribution in [0.1, 0.15) is 19.7 Å². The van der Waals surface area contributed by atoms with Crippen molar-refractivity contribution in [3.63, 3.8) is 0 Å². The second-order valence-corrected chi connectivity index (χ2v) is 14.7. The molecule has 4 heteroatoms. The van der Waals surface area contributed by atoms with Crippen LogP contribution in [0.5, 0.6) is 0 Å². The molecule has 0 aliphatic rings. The van der Waals surface area contributed by atoms with Crippen molar-refractivity contribution >= 4 is 38.3 Å². The van der Waals surface area contributed by atoms with Crippen molar-refractivity contribution in [3.05, 3.63) is 212 Å². The van der Waals surface area contributed by atoms with Gasteiger partial charge in [0.05, 0.1) is 33.6 Å². The summed E-state index contributed by atoms with van der Waals surface area (Å²) in [5, 5.41) is 3.56. The fourth-order valence-electron chi connectivity index (χ4n) is 8.30. The van der Waals surface area contributed by atoms with E-state index >= 15 is 0 Å². The molecule has 0 atom stereocenters. The summed E-state index contributed by atoms with van der Waals surface area (Å²) in [4.78, 5) is 15.7. The lowest BCUT2D eigenvalue weighted by molar-refractivity contribution is 1.13. The average Bonchev–Trinajstić information content (AvgIpc) is 3.67. The quantitative estimate of drug-likeness (QED) is 0.145. The first-order valence-corrected chi connectivity index (χ1v) is 20.1. The third-order valence-corrected chi connectivity index (χ3v) is 11.1. The van der Waals surface area contributed by atoms with Crippen LogP contribution in [0, 0.1) is 0 Å². The number of fused-ring (bicyclic) bond motifs is 5. The molecule has 4 nitrogen and oxygen atoms in total. The van der Waals surface area contributed by atoms with Crippen LogP contribution in [0.15, 0.2) is 206 Å². The number of pyridine rings is 1. The maximum absolute atomic E-state index is 5.47. The fourth-order valence-corrected chi connectivity index (χ4v) is 8.30. The summed E-state index contributed by atoms with van der Waals surface area (Å²) in [7, 11) is 0. The van der Waals surface area contributed by atoms with Crippen LogP contribution in [0.3, 0.4) is 0 Å². The molecule has 7 aromatic carbocycles. The first-order valence-electron chi connectivity index (χ1n) is 20.1. The first-order chi connectivity index (χ1) is 29.2. The van der Waals surface area contributed by atoms with Gasteiger partial charge in [0.15, 0.2) is 5.82 Å². The van der Waals surface area contributed by atoms with Gasteiger partial charge in [0.2, 0.25) is 0 Å². The van der Waals surface area contributed by atoms with Crippen molar-refractivity contribution in [2.24, 2.45) is 0 Å². The highest BCUT2D eigenvalue weighted by molar-refractivity contribution is 6.24. The zero-order valence-corrected chi connectivity index (χ0v) is 32.9. The molecular weight excluding hydrogens is 717 g/mol. The number of para-hydroxylation sites is 3. The van der Waals surface area contributed by atoms with Crippen LogP contribution in [0.25, 0.3) is 100.0 Å². The Morgan fingerprint density at radius 1 is 0.475 bits per heavy atom. The summed E-state index contributed by atoms with van der Waals surface area (Å²) >= 11 is 0. The molecule has 10 aromatic rings. The number of allylic oxidation sites excluding steroid dienone is 4. The number of hydrogen-bond donors (Lipinski definition) is 0. The van der Waals surface area contributed by atoms with Crippen LogP contribution in [-0.4, -0.2) is 19.5 Å². The Bertz CT molecular complexity index is 3190. The molecular formula is C55H40N4. The third kappa shape index (κ3) is 6.51. The Balaban J connectivity index is 1.11. The highest BCUT2D eigenvalue weighted by Gasteiger charge is 2.22. The van der Waals surface area contributed by atoms with Crippen molar-refractivity contribution in [2.45, 2.75) is 13.8 Å². The molecule has 3 aromatic heterocycles. The minimum absolute atomic E-state index is 0.694. The van der Waals surface area contributed by atoms with E-state index in [2.05, 4.69) is 199 Å². The summed E-state index contributed by atoms with van der Waals surface area (Å²) in [5.41, 5.74) is 15.7. The summed E-state index contributed by atoms with van der Waals surface area (Å²) in [6.45, 7) is 4.05. The SMILES string of the molecule is C/C=C\C(=C/C)c1nc(-c2ccc(-c3ccccc3)cc2)cc(-c2ccc(-c3ccccc3-c3nc4ccccc4c4c5ccccc5n(-c5ccccc5)c34)cc2)n1. The van der Waals surface area contributed by atoms with Gasteiger partial charge in [0.1, 0.15) is 0 Å². The zero-order valence-electron chi connectivity index (χ0n) is 32.9. The van der Waals surface area contributed by atoms with Crippen LogP contribution >= 0.6 is 0 Å². The highest BCUT2D eigenvalue weighted by atomic mass is 15.0. The molecule has 0 saturated heterocycles. The van der Waals surface area contributed by atoms with E-state index in [1.54, 1.807) is 0 Å². The van der Waals surface area contributed by atoms with Crippen molar-refractivity contribution in [1.29, 1.82) is 0 Å². The minimum atomic E-state index is 0.694. The Morgan fingerprint density at radius 3 is 1.69 bits per heavy atom.